The summed E-state index contributed by atoms with van der Waals surface area (Å²) in [6.45, 7) is 6.84. The molecule has 1 aliphatic heterocycles. The minimum atomic E-state index is -0.0520. The van der Waals surface area contributed by atoms with Crippen LogP contribution in [0.25, 0.3) is 0 Å². The van der Waals surface area contributed by atoms with Crippen molar-refractivity contribution in [3.8, 4) is 0 Å². The van der Waals surface area contributed by atoms with Crippen LogP contribution in [-0.4, -0.2) is 48.3 Å². The molecule has 0 aromatic rings. The van der Waals surface area contributed by atoms with Crippen molar-refractivity contribution in [3.63, 3.8) is 0 Å². The molecule has 0 N–H and O–H groups in total. The van der Waals surface area contributed by atoms with E-state index in [1.807, 2.05) is 0 Å². The molecule has 0 aromatic heterocycles. The van der Waals surface area contributed by atoms with Gasteiger partial charge in [0.25, 0.3) is 0 Å². The van der Waals surface area contributed by atoms with Crippen molar-refractivity contribution in [2.24, 2.45) is 0 Å². The van der Waals surface area contributed by atoms with Crippen LogP contribution in [0.2, 0.25) is 0 Å². The number of rotatable bonds is 7. The first kappa shape index (κ1) is 20.8. The highest BCUT2D eigenvalue weighted by Gasteiger charge is 2.20. The molecule has 2 amide bonds. The Balaban J connectivity index is 2.55. The fraction of sp³-hybridized carbons (Fsp3) is 0.556. The van der Waals surface area contributed by atoms with Crippen molar-refractivity contribution in [1.82, 2.24) is 9.80 Å². The molecular formula is C18H26Cl2N2O2. The number of likely N-dealkylation sites (tertiary alicyclic amines) is 1. The Labute approximate surface area is 154 Å². The van der Waals surface area contributed by atoms with Gasteiger partial charge in [0.1, 0.15) is 0 Å². The van der Waals surface area contributed by atoms with Gasteiger partial charge in [-0.1, -0.05) is 42.3 Å². The quantitative estimate of drug-likeness (QED) is 0.632. The van der Waals surface area contributed by atoms with Crippen LogP contribution in [0.1, 0.15) is 39.0 Å². The van der Waals surface area contributed by atoms with Crippen molar-refractivity contribution in [2.45, 2.75) is 39.0 Å². The maximum absolute atomic E-state index is 12.3. The Bertz CT molecular complexity index is 537. The number of nitrogens with zero attached hydrogens (tertiary/aromatic N) is 2. The second-order valence-corrected chi connectivity index (χ2v) is 6.97. The second kappa shape index (κ2) is 10.6. The van der Waals surface area contributed by atoms with E-state index in [1.165, 1.54) is 0 Å². The Morgan fingerprint density at radius 1 is 1.33 bits per heavy atom. The Morgan fingerprint density at radius 3 is 2.67 bits per heavy atom. The van der Waals surface area contributed by atoms with Gasteiger partial charge in [0.15, 0.2) is 0 Å². The van der Waals surface area contributed by atoms with E-state index in [0.29, 0.717) is 36.0 Å². The maximum atomic E-state index is 12.3. The average molecular weight is 373 g/mol. The molecule has 24 heavy (non-hydrogen) atoms. The van der Waals surface area contributed by atoms with Crippen molar-refractivity contribution in [2.75, 3.05) is 26.7 Å². The van der Waals surface area contributed by atoms with Crippen molar-refractivity contribution in [1.29, 1.82) is 0 Å². The lowest BCUT2D eigenvalue weighted by molar-refractivity contribution is -0.139. The van der Waals surface area contributed by atoms with Gasteiger partial charge >= 0.3 is 0 Å². The topological polar surface area (TPSA) is 40.6 Å². The number of halogens is 2. The van der Waals surface area contributed by atoms with Crippen molar-refractivity contribution < 1.29 is 9.59 Å². The standard InChI is InChI=1S/C18H26Cl2N2O2/c1-4-15(12-16(20)14(2)19)9-11-21(3)18(24)13-22-10-7-5-6-8-17(22)23/h4,12H,1,5-11,13H2,2-3H3/b15-12+,16-14-. The number of hydrogen-bond donors (Lipinski definition) is 0. The monoisotopic (exact) mass is 372 g/mol. The molecule has 0 radical (unpaired) electrons. The molecule has 0 aliphatic carbocycles. The molecule has 1 saturated heterocycles. The van der Waals surface area contributed by atoms with Gasteiger partial charge in [-0.2, -0.15) is 0 Å². The lowest BCUT2D eigenvalue weighted by Crippen LogP contribution is -2.41. The van der Waals surface area contributed by atoms with E-state index < -0.39 is 0 Å². The lowest BCUT2D eigenvalue weighted by Gasteiger charge is -2.24. The summed E-state index contributed by atoms with van der Waals surface area (Å²) in [7, 11) is 1.75. The first-order valence-electron chi connectivity index (χ1n) is 8.21. The first-order chi connectivity index (χ1) is 11.3. The van der Waals surface area contributed by atoms with Crippen molar-refractivity contribution >= 4 is 35.0 Å². The third kappa shape index (κ3) is 7.10. The predicted molar refractivity (Wildman–Crippen MR) is 100.0 cm³/mol. The molecule has 0 unspecified atom stereocenters. The van der Waals surface area contributed by atoms with Gasteiger partial charge in [0.05, 0.1) is 11.6 Å². The largest absolute Gasteiger partial charge is 0.344 e. The zero-order valence-corrected chi connectivity index (χ0v) is 16.0. The summed E-state index contributed by atoms with van der Waals surface area (Å²) >= 11 is 11.9. The van der Waals surface area contributed by atoms with Gasteiger partial charge in [-0.3, -0.25) is 9.59 Å². The van der Waals surface area contributed by atoms with Crippen LogP contribution >= 0.6 is 23.2 Å². The smallest absolute Gasteiger partial charge is 0.241 e. The van der Waals surface area contributed by atoms with Crippen LogP contribution < -0.4 is 0 Å². The molecule has 6 heteroatoms. The molecule has 1 heterocycles. The summed E-state index contributed by atoms with van der Waals surface area (Å²) in [6, 6.07) is 0. The van der Waals surface area contributed by atoms with Crippen LogP contribution in [0.5, 0.6) is 0 Å². The Hall–Kier alpha value is -1.26. The molecule has 1 rings (SSSR count). The average Bonchev–Trinajstić information content (AvgIpc) is 2.75. The van der Waals surface area contributed by atoms with Gasteiger partial charge < -0.3 is 9.80 Å². The first-order valence-corrected chi connectivity index (χ1v) is 8.97. The van der Waals surface area contributed by atoms with E-state index in [0.717, 1.165) is 24.8 Å². The van der Waals surface area contributed by atoms with E-state index in [4.69, 9.17) is 23.2 Å². The molecule has 0 atom stereocenters. The van der Waals surface area contributed by atoms with Gasteiger partial charge in [-0.15, -0.1) is 0 Å². The molecule has 0 bridgehead atoms. The van der Waals surface area contributed by atoms with Crippen LogP contribution in [0.15, 0.2) is 34.4 Å². The number of hydrogen-bond acceptors (Lipinski definition) is 2. The number of amides is 2. The van der Waals surface area contributed by atoms with Crippen LogP contribution in [0.4, 0.5) is 0 Å². The summed E-state index contributed by atoms with van der Waals surface area (Å²) in [5.41, 5.74) is 0.908. The van der Waals surface area contributed by atoms with E-state index in [2.05, 4.69) is 6.58 Å². The summed E-state index contributed by atoms with van der Waals surface area (Å²) in [5.74, 6) is 0.0271. The third-order valence-corrected chi connectivity index (χ3v) is 4.76. The highest BCUT2D eigenvalue weighted by atomic mass is 35.5. The molecule has 0 aromatic carbocycles. The van der Waals surface area contributed by atoms with Crippen LogP contribution in [-0.2, 0) is 9.59 Å². The van der Waals surface area contributed by atoms with E-state index in [1.54, 1.807) is 35.9 Å². The molecule has 4 nitrogen and oxygen atoms in total. The fourth-order valence-corrected chi connectivity index (χ4v) is 2.60. The molecule has 1 aliphatic rings. The van der Waals surface area contributed by atoms with Gasteiger partial charge in [-0.25, -0.2) is 0 Å². The molecular weight excluding hydrogens is 347 g/mol. The van der Waals surface area contributed by atoms with E-state index in [9.17, 15) is 9.59 Å². The third-order valence-electron chi connectivity index (χ3n) is 4.06. The van der Waals surface area contributed by atoms with Crippen molar-refractivity contribution in [3.05, 3.63) is 34.4 Å². The van der Waals surface area contributed by atoms with Gasteiger partial charge in [0.2, 0.25) is 11.8 Å². The fourth-order valence-electron chi connectivity index (χ4n) is 2.41. The number of allylic oxidation sites excluding steroid dienone is 4. The summed E-state index contributed by atoms with van der Waals surface area (Å²) in [6.07, 6.45) is 7.57. The number of likely N-dealkylation sites (N-methyl/N-ethyl adjacent to an activating group) is 1. The zero-order valence-electron chi connectivity index (χ0n) is 14.5. The second-order valence-electron chi connectivity index (χ2n) is 6.00. The zero-order chi connectivity index (χ0) is 18.1. The molecule has 1 fully saturated rings. The Kier molecular flexibility index (Phi) is 9.16. The highest BCUT2D eigenvalue weighted by Crippen LogP contribution is 2.18. The molecule has 134 valence electrons. The van der Waals surface area contributed by atoms with E-state index >= 15 is 0 Å². The minimum absolute atomic E-state index is 0.0520. The van der Waals surface area contributed by atoms with Gasteiger partial charge in [-0.05, 0) is 37.8 Å². The molecule has 0 spiro atoms. The maximum Gasteiger partial charge on any atom is 0.241 e. The summed E-state index contributed by atoms with van der Waals surface area (Å²) in [5, 5.41) is 0.982. The molecule has 0 saturated carbocycles. The highest BCUT2D eigenvalue weighted by molar-refractivity contribution is 6.40. The predicted octanol–water partition coefficient (Wildman–Crippen LogP) is 4.06. The lowest BCUT2D eigenvalue weighted by atomic mass is 10.1. The van der Waals surface area contributed by atoms with Crippen LogP contribution in [0, 0.1) is 0 Å². The normalized spacial score (nSPS) is 17.2. The number of carbonyl (C=O) groups excluding carboxylic acids is 2. The van der Waals surface area contributed by atoms with Gasteiger partial charge in [0, 0.05) is 31.6 Å². The summed E-state index contributed by atoms with van der Waals surface area (Å²) < 4.78 is 0. The SMILES string of the molecule is C=C/C(=C\C(Cl)=C(/C)Cl)CCN(C)C(=O)CN1CCCCCC1=O. The number of carbonyl (C=O) groups is 2. The van der Waals surface area contributed by atoms with E-state index in [-0.39, 0.29) is 18.4 Å². The summed E-state index contributed by atoms with van der Waals surface area (Å²) in [4.78, 5) is 27.6. The Morgan fingerprint density at radius 2 is 2.04 bits per heavy atom. The van der Waals surface area contributed by atoms with Crippen LogP contribution in [0.3, 0.4) is 0 Å². The minimum Gasteiger partial charge on any atom is -0.344 e.